The molecule has 0 atom stereocenters. The maximum atomic E-state index is 2.38. The van der Waals surface area contributed by atoms with E-state index in [0.29, 0.717) is 0 Å². The van der Waals surface area contributed by atoms with Crippen molar-refractivity contribution < 1.29 is 0 Å². The van der Waals surface area contributed by atoms with Crippen LogP contribution in [-0.4, -0.2) is 0 Å². The van der Waals surface area contributed by atoms with Gasteiger partial charge >= 0.3 is 0 Å². The van der Waals surface area contributed by atoms with E-state index in [0.717, 1.165) is 17.1 Å². The third-order valence-electron chi connectivity index (χ3n) is 9.49. The van der Waals surface area contributed by atoms with Gasteiger partial charge in [-0.15, -0.1) is 0 Å². The van der Waals surface area contributed by atoms with Crippen LogP contribution in [0.15, 0.2) is 176 Å². The van der Waals surface area contributed by atoms with Gasteiger partial charge in [0, 0.05) is 22.5 Å². The van der Waals surface area contributed by atoms with Gasteiger partial charge in [0.2, 0.25) is 0 Å². The fourth-order valence-electron chi connectivity index (χ4n) is 7.04. The van der Waals surface area contributed by atoms with Gasteiger partial charge in [0.1, 0.15) is 0 Å². The molecular formula is C45H35N. The first-order valence-corrected chi connectivity index (χ1v) is 16.0. The van der Waals surface area contributed by atoms with Crippen molar-refractivity contribution in [2.45, 2.75) is 19.3 Å². The highest BCUT2D eigenvalue weighted by Crippen LogP contribution is 2.50. The van der Waals surface area contributed by atoms with Gasteiger partial charge in [-0.3, -0.25) is 0 Å². The van der Waals surface area contributed by atoms with Gasteiger partial charge in [-0.2, -0.15) is 0 Å². The summed E-state index contributed by atoms with van der Waals surface area (Å²) in [6.07, 6.45) is 0. The van der Waals surface area contributed by atoms with E-state index in [4.69, 9.17) is 0 Å². The zero-order valence-corrected chi connectivity index (χ0v) is 26.2. The largest absolute Gasteiger partial charge is 0.310 e. The first kappa shape index (κ1) is 27.9. The van der Waals surface area contributed by atoms with E-state index in [9.17, 15) is 0 Å². The Morgan fingerprint density at radius 2 is 0.761 bits per heavy atom. The van der Waals surface area contributed by atoms with Gasteiger partial charge in [-0.05, 0) is 98.1 Å². The van der Waals surface area contributed by atoms with Crippen LogP contribution >= 0.6 is 0 Å². The molecule has 0 saturated carbocycles. The van der Waals surface area contributed by atoms with Crippen LogP contribution in [0.5, 0.6) is 0 Å². The Labute approximate surface area is 272 Å². The summed E-state index contributed by atoms with van der Waals surface area (Å²) < 4.78 is 0. The van der Waals surface area contributed by atoms with E-state index in [1.54, 1.807) is 0 Å². The molecule has 1 aliphatic rings. The second kappa shape index (κ2) is 11.4. The molecule has 0 fully saturated rings. The average molecular weight is 590 g/mol. The standard InChI is InChI=1S/C45H35N/c1-45(2)43-19-10-9-18-41(43)42-31-40(28-29-44(42)45)46(38-24-20-34(21-25-38)32-12-5-3-6-13-32)39-26-22-35(23-27-39)37-17-11-16-36(30-37)33-14-7-4-8-15-33/h3-31H,1-2H3. The lowest BCUT2D eigenvalue weighted by atomic mass is 9.82. The van der Waals surface area contributed by atoms with Crippen LogP contribution < -0.4 is 4.90 Å². The van der Waals surface area contributed by atoms with Gasteiger partial charge in [0.15, 0.2) is 0 Å². The molecule has 7 aromatic rings. The van der Waals surface area contributed by atoms with E-state index in [-0.39, 0.29) is 5.41 Å². The van der Waals surface area contributed by atoms with Crippen molar-refractivity contribution in [2.24, 2.45) is 0 Å². The van der Waals surface area contributed by atoms with Crippen LogP contribution in [0.25, 0.3) is 44.5 Å². The molecule has 8 rings (SSSR count). The molecule has 1 aliphatic carbocycles. The molecule has 1 nitrogen and oxygen atoms in total. The van der Waals surface area contributed by atoms with Gasteiger partial charge in [0.05, 0.1) is 0 Å². The Kier molecular flexibility index (Phi) is 6.88. The SMILES string of the molecule is CC1(C)c2ccccc2-c2cc(N(c3ccc(-c4ccccc4)cc3)c3ccc(-c4cccc(-c5ccccc5)c4)cc3)ccc21. The number of fused-ring (bicyclic) bond motifs is 3. The summed E-state index contributed by atoms with van der Waals surface area (Å²) in [6, 6.07) is 63.8. The molecule has 46 heavy (non-hydrogen) atoms. The zero-order chi connectivity index (χ0) is 31.1. The first-order chi connectivity index (χ1) is 22.6. The summed E-state index contributed by atoms with van der Waals surface area (Å²) in [5.74, 6) is 0. The average Bonchev–Trinajstić information content (AvgIpc) is 3.35. The molecule has 0 spiro atoms. The molecule has 0 aliphatic heterocycles. The maximum Gasteiger partial charge on any atom is 0.0468 e. The van der Waals surface area contributed by atoms with Crippen LogP contribution in [0.1, 0.15) is 25.0 Å². The molecule has 1 heteroatoms. The Hall–Kier alpha value is -5.66. The van der Waals surface area contributed by atoms with Crippen LogP contribution in [0.2, 0.25) is 0 Å². The smallest absolute Gasteiger partial charge is 0.0468 e. The van der Waals surface area contributed by atoms with Crippen molar-refractivity contribution >= 4 is 17.1 Å². The van der Waals surface area contributed by atoms with Crippen molar-refractivity contribution in [3.05, 3.63) is 187 Å². The number of hydrogen-bond donors (Lipinski definition) is 0. The second-order valence-electron chi connectivity index (χ2n) is 12.6. The fourth-order valence-corrected chi connectivity index (χ4v) is 7.04. The van der Waals surface area contributed by atoms with E-state index in [2.05, 4.69) is 195 Å². The Morgan fingerprint density at radius 3 is 1.37 bits per heavy atom. The Bertz CT molecular complexity index is 2140. The highest BCUT2D eigenvalue weighted by atomic mass is 15.1. The molecule has 0 radical (unpaired) electrons. The minimum Gasteiger partial charge on any atom is -0.310 e. The number of benzene rings is 7. The van der Waals surface area contributed by atoms with E-state index in [1.807, 2.05) is 0 Å². The third-order valence-corrected chi connectivity index (χ3v) is 9.49. The lowest BCUT2D eigenvalue weighted by Crippen LogP contribution is -2.15. The van der Waals surface area contributed by atoms with E-state index in [1.165, 1.54) is 55.6 Å². The summed E-state index contributed by atoms with van der Waals surface area (Å²) in [6.45, 7) is 4.67. The lowest BCUT2D eigenvalue weighted by molar-refractivity contribution is 0.660. The summed E-state index contributed by atoms with van der Waals surface area (Å²) >= 11 is 0. The Morgan fingerprint density at radius 1 is 0.326 bits per heavy atom. The second-order valence-corrected chi connectivity index (χ2v) is 12.6. The number of hydrogen-bond acceptors (Lipinski definition) is 1. The molecule has 0 amide bonds. The van der Waals surface area contributed by atoms with E-state index >= 15 is 0 Å². The van der Waals surface area contributed by atoms with Crippen LogP contribution in [0.4, 0.5) is 17.1 Å². The minimum atomic E-state index is -0.0252. The lowest BCUT2D eigenvalue weighted by Gasteiger charge is -2.27. The number of nitrogens with zero attached hydrogens (tertiary/aromatic N) is 1. The topological polar surface area (TPSA) is 3.24 Å². The van der Waals surface area contributed by atoms with Crippen molar-refractivity contribution in [1.82, 2.24) is 0 Å². The number of anilines is 3. The van der Waals surface area contributed by atoms with Crippen molar-refractivity contribution in [3.8, 4) is 44.5 Å². The normalized spacial score (nSPS) is 12.7. The van der Waals surface area contributed by atoms with Crippen LogP contribution in [-0.2, 0) is 5.41 Å². The summed E-state index contributed by atoms with van der Waals surface area (Å²) in [7, 11) is 0. The van der Waals surface area contributed by atoms with Gasteiger partial charge in [-0.25, -0.2) is 0 Å². The fraction of sp³-hybridized carbons (Fsp3) is 0.0667. The summed E-state index contributed by atoms with van der Waals surface area (Å²) in [5.41, 5.74) is 16.1. The van der Waals surface area contributed by atoms with Crippen molar-refractivity contribution in [3.63, 3.8) is 0 Å². The third kappa shape index (κ3) is 4.91. The van der Waals surface area contributed by atoms with Gasteiger partial charge < -0.3 is 4.90 Å². The molecule has 0 unspecified atom stereocenters. The predicted octanol–water partition coefficient (Wildman–Crippen LogP) is 12.5. The maximum absolute atomic E-state index is 2.38. The molecule has 0 aromatic heterocycles. The number of rotatable bonds is 6. The molecule has 220 valence electrons. The van der Waals surface area contributed by atoms with Crippen molar-refractivity contribution in [1.29, 1.82) is 0 Å². The summed E-state index contributed by atoms with van der Waals surface area (Å²) in [4.78, 5) is 2.38. The summed E-state index contributed by atoms with van der Waals surface area (Å²) in [5, 5.41) is 0. The molecule has 0 N–H and O–H groups in total. The first-order valence-electron chi connectivity index (χ1n) is 16.0. The Balaban J connectivity index is 1.21. The quantitative estimate of drug-likeness (QED) is 0.186. The van der Waals surface area contributed by atoms with Crippen LogP contribution in [0, 0.1) is 0 Å². The molecule has 7 aromatic carbocycles. The molecular weight excluding hydrogens is 555 g/mol. The molecule has 0 heterocycles. The van der Waals surface area contributed by atoms with E-state index < -0.39 is 0 Å². The highest BCUT2D eigenvalue weighted by Gasteiger charge is 2.35. The minimum absolute atomic E-state index is 0.0252. The van der Waals surface area contributed by atoms with Crippen LogP contribution in [0.3, 0.4) is 0 Å². The van der Waals surface area contributed by atoms with Gasteiger partial charge in [0.25, 0.3) is 0 Å². The monoisotopic (exact) mass is 589 g/mol. The van der Waals surface area contributed by atoms with Gasteiger partial charge in [-0.1, -0.05) is 147 Å². The highest BCUT2D eigenvalue weighted by molar-refractivity contribution is 5.87. The zero-order valence-electron chi connectivity index (χ0n) is 26.2. The molecule has 0 saturated heterocycles. The predicted molar refractivity (Wildman–Crippen MR) is 195 cm³/mol. The molecule has 0 bridgehead atoms. The van der Waals surface area contributed by atoms with Crippen molar-refractivity contribution in [2.75, 3.05) is 4.90 Å².